The summed E-state index contributed by atoms with van der Waals surface area (Å²) in [6, 6.07) is 2.71. The molecule has 0 unspecified atom stereocenters. The molecule has 1 N–H and O–H groups in total. The fourth-order valence-corrected chi connectivity index (χ4v) is 2.10. The van der Waals surface area contributed by atoms with Gasteiger partial charge in [0.15, 0.2) is 11.5 Å². The third-order valence-electron chi connectivity index (χ3n) is 2.69. The summed E-state index contributed by atoms with van der Waals surface area (Å²) >= 11 is 5.93. The van der Waals surface area contributed by atoms with Gasteiger partial charge in [-0.15, -0.1) is 0 Å². The predicted molar refractivity (Wildman–Crippen MR) is 66.6 cm³/mol. The van der Waals surface area contributed by atoms with Crippen molar-refractivity contribution in [2.45, 2.75) is 6.43 Å². The van der Waals surface area contributed by atoms with Crippen molar-refractivity contribution in [1.82, 2.24) is 4.90 Å². The van der Waals surface area contributed by atoms with Gasteiger partial charge in [0.2, 0.25) is 6.79 Å². The lowest BCUT2D eigenvalue weighted by Crippen LogP contribution is -2.37. The van der Waals surface area contributed by atoms with E-state index >= 15 is 0 Å². The average molecular weight is 308 g/mol. The molecule has 0 fully saturated rings. The van der Waals surface area contributed by atoms with E-state index < -0.39 is 25.5 Å². The molecule has 0 saturated carbocycles. The molecule has 1 amide bonds. The summed E-state index contributed by atoms with van der Waals surface area (Å²) in [5.74, 6) is -0.0350. The number of nitrogens with zero attached hydrogens (tertiary/aromatic N) is 1. The lowest BCUT2D eigenvalue weighted by molar-refractivity contribution is 0.0509. The van der Waals surface area contributed by atoms with Crippen LogP contribution >= 0.6 is 11.6 Å². The minimum absolute atomic E-state index is 0.00984. The van der Waals surface area contributed by atoms with Crippen molar-refractivity contribution in [3.05, 3.63) is 22.7 Å². The summed E-state index contributed by atoms with van der Waals surface area (Å²) in [4.78, 5) is 13.0. The molecule has 1 aromatic carbocycles. The number of benzene rings is 1. The standard InChI is InChI=1S/C12H12ClF2NO4/c13-8-3-7(4-9-11(8)20-6-19-9)12(18)16(1-2-17)5-10(14)15/h3-4,10,17H,1-2,5-6H2. The molecule has 1 aromatic rings. The molecule has 2 rings (SSSR count). The topological polar surface area (TPSA) is 59.0 Å². The number of hydrogen-bond acceptors (Lipinski definition) is 4. The minimum Gasteiger partial charge on any atom is -0.454 e. The molecule has 1 aliphatic rings. The fourth-order valence-electron chi connectivity index (χ4n) is 1.84. The van der Waals surface area contributed by atoms with Crippen molar-refractivity contribution >= 4 is 17.5 Å². The Bertz CT molecular complexity index is 512. The van der Waals surface area contributed by atoms with E-state index in [0.717, 1.165) is 4.90 Å². The van der Waals surface area contributed by atoms with E-state index in [1.165, 1.54) is 12.1 Å². The number of halogens is 3. The van der Waals surface area contributed by atoms with E-state index in [9.17, 15) is 13.6 Å². The number of aliphatic hydroxyl groups excluding tert-OH is 1. The highest BCUT2D eigenvalue weighted by Gasteiger charge is 2.24. The van der Waals surface area contributed by atoms with Gasteiger partial charge in [0.05, 0.1) is 18.2 Å². The van der Waals surface area contributed by atoms with E-state index in [4.69, 9.17) is 26.2 Å². The van der Waals surface area contributed by atoms with Gasteiger partial charge in [0, 0.05) is 12.1 Å². The van der Waals surface area contributed by atoms with Gasteiger partial charge in [0.1, 0.15) is 0 Å². The zero-order valence-corrected chi connectivity index (χ0v) is 11.1. The van der Waals surface area contributed by atoms with Gasteiger partial charge in [-0.3, -0.25) is 4.79 Å². The summed E-state index contributed by atoms with van der Waals surface area (Å²) < 4.78 is 35.1. The van der Waals surface area contributed by atoms with Crippen LogP contribution in [0.2, 0.25) is 5.02 Å². The van der Waals surface area contributed by atoms with Crippen LogP contribution in [0.4, 0.5) is 8.78 Å². The Morgan fingerprint density at radius 3 is 2.85 bits per heavy atom. The molecule has 0 bridgehead atoms. The quantitative estimate of drug-likeness (QED) is 0.900. The number of aliphatic hydroxyl groups is 1. The van der Waals surface area contributed by atoms with Crippen molar-refractivity contribution < 1.29 is 28.2 Å². The first kappa shape index (κ1) is 14.8. The normalized spacial score (nSPS) is 12.8. The van der Waals surface area contributed by atoms with Crippen LogP contribution in [0.25, 0.3) is 0 Å². The first-order valence-corrected chi connectivity index (χ1v) is 6.18. The summed E-state index contributed by atoms with van der Waals surface area (Å²) in [5, 5.41) is 9.02. The maximum Gasteiger partial charge on any atom is 0.255 e. The van der Waals surface area contributed by atoms with Gasteiger partial charge in [-0.1, -0.05) is 11.6 Å². The summed E-state index contributed by atoms with van der Waals surface area (Å²) in [6.07, 6.45) is -2.69. The molecule has 20 heavy (non-hydrogen) atoms. The van der Waals surface area contributed by atoms with Crippen LogP contribution in [0.3, 0.4) is 0 Å². The number of amides is 1. The number of hydrogen-bond donors (Lipinski definition) is 1. The first-order valence-electron chi connectivity index (χ1n) is 5.80. The Labute approximate surface area is 118 Å². The predicted octanol–water partition coefficient (Wildman–Crippen LogP) is 1.77. The summed E-state index contributed by atoms with van der Waals surface area (Å²) in [7, 11) is 0. The fraction of sp³-hybridized carbons (Fsp3) is 0.417. The molecular formula is C12H12ClF2NO4. The number of fused-ring (bicyclic) bond motifs is 1. The minimum atomic E-state index is -2.69. The van der Waals surface area contributed by atoms with Gasteiger partial charge in [-0.2, -0.15) is 0 Å². The lowest BCUT2D eigenvalue weighted by atomic mass is 10.1. The third kappa shape index (κ3) is 3.10. The van der Waals surface area contributed by atoms with E-state index in [0.29, 0.717) is 11.5 Å². The van der Waals surface area contributed by atoms with Crippen LogP contribution in [0, 0.1) is 0 Å². The van der Waals surface area contributed by atoms with Crippen LogP contribution in [-0.4, -0.2) is 48.8 Å². The molecule has 0 radical (unpaired) electrons. The number of carbonyl (C=O) groups excluding carboxylic acids is 1. The van der Waals surface area contributed by atoms with Crippen molar-refractivity contribution in [3.63, 3.8) is 0 Å². The zero-order valence-electron chi connectivity index (χ0n) is 10.3. The van der Waals surface area contributed by atoms with Gasteiger partial charge in [0.25, 0.3) is 12.3 Å². The molecule has 8 heteroatoms. The van der Waals surface area contributed by atoms with E-state index in [1.54, 1.807) is 0 Å². The van der Waals surface area contributed by atoms with Gasteiger partial charge in [-0.05, 0) is 12.1 Å². The Balaban J connectivity index is 2.25. The average Bonchev–Trinajstić information content (AvgIpc) is 2.85. The number of ether oxygens (including phenoxy) is 2. The van der Waals surface area contributed by atoms with Crippen molar-refractivity contribution in [3.8, 4) is 11.5 Å². The van der Waals surface area contributed by atoms with E-state index in [-0.39, 0.29) is 23.9 Å². The zero-order chi connectivity index (χ0) is 14.7. The second-order valence-corrected chi connectivity index (χ2v) is 4.46. The van der Waals surface area contributed by atoms with Crippen LogP contribution in [0.5, 0.6) is 11.5 Å². The first-order chi connectivity index (χ1) is 9.52. The highest BCUT2D eigenvalue weighted by atomic mass is 35.5. The maximum atomic E-state index is 12.4. The molecule has 5 nitrogen and oxygen atoms in total. The number of carbonyl (C=O) groups is 1. The third-order valence-corrected chi connectivity index (χ3v) is 2.97. The second kappa shape index (κ2) is 6.23. The van der Waals surface area contributed by atoms with Crippen LogP contribution in [-0.2, 0) is 0 Å². The molecule has 1 aliphatic heterocycles. The smallest absolute Gasteiger partial charge is 0.255 e. The Morgan fingerprint density at radius 1 is 1.45 bits per heavy atom. The van der Waals surface area contributed by atoms with Crippen LogP contribution < -0.4 is 9.47 Å². The van der Waals surface area contributed by atoms with E-state index in [1.807, 2.05) is 0 Å². The Kier molecular flexibility index (Phi) is 4.61. The van der Waals surface area contributed by atoms with Crippen molar-refractivity contribution in [2.75, 3.05) is 26.5 Å². The molecule has 0 atom stereocenters. The highest BCUT2D eigenvalue weighted by molar-refractivity contribution is 6.32. The van der Waals surface area contributed by atoms with Crippen LogP contribution in [0.15, 0.2) is 12.1 Å². The molecule has 0 spiro atoms. The number of alkyl halides is 2. The van der Waals surface area contributed by atoms with Crippen molar-refractivity contribution in [2.24, 2.45) is 0 Å². The Morgan fingerprint density at radius 2 is 2.20 bits per heavy atom. The second-order valence-electron chi connectivity index (χ2n) is 4.06. The summed E-state index contributed by atoms with van der Waals surface area (Å²) in [6.45, 7) is -1.36. The summed E-state index contributed by atoms with van der Waals surface area (Å²) in [5.41, 5.74) is 0.105. The lowest BCUT2D eigenvalue weighted by Gasteiger charge is -2.21. The SMILES string of the molecule is O=C(c1cc(Cl)c2c(c1)OCO2)N(CCO)CC(F)F. The molecule has 0 aromatic heterocycles. The van der Waals surface area contributed by atoms with Crippen LogP contribution in [0.1, 0.15) is 10.4 Å². The van der Waals surface area contributed by atoms with Gasteiger partial charge in [-0.25, -0.2) is 8.78 Å². The van der Waals surface area contributed by atoms with Gasteiger partial charge < -0.3 is 19.5 Å². The largest absolute Gasteiger partial charge is 0.454 e. The van der Waals surface area contributed by atoms with E-state index in [2.05, 4.69) is 0 Å². The molecule has 0 saturated heterocycles. The number of rotatable bonds is 5. The van der Waals surface area contributed by atoms with Crippen molar-refractivity contribution in [1.29, 1.82) is 0 Å². The Hall–Kier alpha value is -1.60. The molecular weight excluding hydrogens is 296 g/mol. The molecule has 0 aliphatic carbocycles. The highest BCUT2D eigenvalue weighted by Crippen LogP contribution is 2.40. The van der Waals surface area contributed by atoms with Gasteiger partial charge >= 0.3 is 0 Å². The monoisotopic (exact) mass is 307 g/mol. The maximum absolute atomic E-state index is 12.4. The molecule has 1 heterocycles. The molecule has 110 valence electrons.